The zero-order valence-corrected chi connectivity index (χ0v) is 9.52. The van der Waals surface area contributed by atoms with E-state index in [9.17, 15) is 4.79 Å². The second-order valence-corrected chi connectivity index (χ2v) is 3.58. The number of hydrogen-bond acceptors (Lipinski definition) is 4. The van der Waals surface area contributed by atoms with E-state index in [0.717, 1.165) is 0 Å². The Kier molecular flexibility index (Phi) is 3.55. The molecule has 0 radical (unpaired) electrons. The molecule has 3 N–H and O–H groups in total. The molecule has 16 heavy (non-hydrogen) atoms. The van der Waals surface area contributed by atoms with E-state index in [-0.39, 0.29) is 18.3 Å². The van der Waals surface area contributed by atoms with E-state index in [1.807, 2.05) is 0 Å². The Labute approximate surface area is 93.3 Å². The largest absolute Gasteiger partial charge is 0.466 e. The lowest BCUT2D eigenvalue weighted by Crippen LogP contribution is -2.35. The number of carbonyl (C=O) groups is 1. The summed E-state index contributed by atoms with van der Waals surface area (Å²) in [7, 11) is 1.57. The molecule has 1 rings (SSSR count). The molecule has 6 heteroatoms. The number of aryl methyl sites for hydroxylation is 2. The van der Waals surface area contributed by atoms with Crippen molar-refractivity contribution in [3.63, 3.8) is 0 Å². The second kappa shape index (κ2) is 4.69. The number of oxime groups is 1. The normalized spacial score (nSPS) is 11.6. The van der Waals surface area contributed by atoms with Crippen molar-refractivity contribution in [1.29, 1.82) is 0 Å². The molecule has 88 valence electrons. The molecule has 0 aliphatic carbocycles. The second-order valence-electron chi connectivity index (χ2n) is 3.58. The fourth-order valence-corrected chi connectivity index (χ4v) is 1.40. The molecule has 0 bridgehead atoms. The van der Waals surface area contributed by atoms with Gasteiger partial charge in [-0.1, -0.05) is 5.16 Å². The lowest BCUT2D eigenvalue weighted by Gasteiger charge is -2.15. The Morgan fingerprint density at radius 1 is 1.62 bits per heavy atom. The third-order valence-electron chi connectivity index (χ3n) is 2.15. The summed E-state index contributed by atoms with van der Waals surface area (Å²) < 4.78 is 5.26. The molecular weight excluding hydrogens is 210 g/mol. The third-order valence-corrected chi connectivity index (χ3v) is 2.15. The molecule has 0 fully saturated rings. The van der Waals surface area contributed by atoms with Crippen molar-refractivity contribution in [2.45, 2.75) is 13.8 Å². The predicted molar refractivity (Wildman–Crippen MR) is 58.6 cm³/mol. The summed E-state index contributed by atoms with van der Waals surface area (Å²) in [6.07, 6.45) is 0. The van der Waals surface area contributed by atoms with E-state index in [4.69, 9.17) is 15.4 Å². The molecule has 0 saturated carbocycles. The number of amidine groups is 1. The van der Waals surface area contributed by atoms with Crippen molar-refractivity contribution in [2.24, 2.45) is 10.9 Å². The first-order valence-corrected chi connectivity index (χ1v) is 4.74. The minimum Gasteiger partial charge on any atom is -0.466 e. The van der Waals surface area contributed by atoms with Crippen molar-refractivity contribution < 1.29 is 14.4 Å². The Morgan fingerprint density at radius 2 is 2.25 bits per heavy atom. The van der Waals surface area contributed by atoms with Gasteiger partial charge in [-0.2, -0.15) is 0 Å². The van der Waals surface area contributed by atoms with Crippen LogP contribution in [-0.2, 0) is 0 Å². The number of rotatable bonds is 3. The molecule has 6 nitrogen and oxygen atoms in total. The number of nitrogens with zero attached hydrogens (tertiary/aromatic N) is 2. The molecule has 0 saturated heterocycles. The van der Waals surface area contributed by atoms with E-state index in [1.54, 1.807) is 27.0 Å². The highest BCUT2D eigenvalue weighted by molar-refractivity contribution is 5.97. The van der Waals surface area contributed by atoms with Crippen LogP contribution in [0, 0.1) is 13.8 Å². The highest BCUT2D eigenvalue weighted by Gasteiger charge is 2.18. The van der Waals surface area contributed by atoms with Crippen LogP contribution >= 0.6 is 0 Å². The topological polar surface area (TPSA) is 92.1 Å². The summed E-state index contributed by atoms with van der Waals surface area (Å²) in [5.41, 5.74) is 5.81. The Morgan fingerprint density at radius 3 is 2.69 bits per heavy atom. The molecule has 0 atom stereocenters. The molecule has 1 heterocycles. The monoisotopic (exact) mass is 225 g/mol. The molecule has 0 aliphatic rings. The highest BCUT2D eigenvalue weighted by atomic mass is 16.4. The predicted octanol–water partition coefficient (Wildman–Crippen LogP) is 0.715. The third kappa shape index (κ3) is 2.53. The van der Waals surface area contributed by atoms with Gasteiger partial charge in [-0.15, -0.1) is 0 Å². The van der Waals surface area contributed by atoms with Crippen LogP contribution in [-0.4, -0.2) is 35.4 Å². The van der Waals surface area contributed by atoms with Gasteiger partial charge >= 0.3 is 0 Å². The van der Waals surface area contributed by atoms with E-state index < -0.39 is 0 Å². The first-order valence-electron chi connectivity index (χ1n) is 4.74. The van der Waals surface area contributed by atoms with Gasteiger partial charge < -0.3 is 20.3 Å². The molecule has 0 unspecified atom stereocenters. The molecule has 0 spiro atoms. The first kappa shape index (κ1) is 12.1. The van der Waals surface area contributed by atoms with Crippen LogP contribution in [0.25, 0.3) is 0 Å². The Hall–Kier alpha value is -1.98. The number of hydrogen-bond donors (Lipinski definition) is 2. The minimum absolute atomic E-state index is 0.0197. The van der Waals surface area contributed by atoms with Crippen LogP contribution < -0.4 is 5.73 Å². The van der Waals surface area contributed by atoms with Crippen molar-refractivity contribution in [3.8, 4) is 0 Å². The quantitative estimate of drug-likeness (QED) is 0.343. The van der Waals surface area contributed by atoms with Crippen LogP contribution in [0.4, 0.5) is 0 Å². The maximum atomic E-state index is 11.9. The van der Waals surface area contributed by atoms with Gasteiger partial charge in [-0.25, -0.2) is 0 Å². The standard InChI is InChI=1S/C10H15N3O3/c1-6-4-8(7(2)16-6)10(14)13(3)5-9(11)12-15/h4,15H,5H2,1-3H3,(H2,11,12). The summed E-state index contributed by atoms with van der Waals surface area (Å²) in [4.78, 5) is 13.3. The van der Waals surface area contributed by atoms with E-state index in [0.29, 0.717) is 17.1 Å². The molecule has 0 aromatic carbocycles. The maximum absolute atomic E-state index is 11.9. The van der Waals surface area contributed by atoms with Crippen molar-refractivity contribution in [1.82, 2.24) is 4.90 Å². The van der Waals surface area contributed by atoms with E-state index in [1.165, 1.54) is 4.90 Å². The summed E-state index contributed by atoms with van der Waals surface area (Å²) in [5.74, 6) is 1.00. The smallest absolute Gasteiger partial charge is 0.257 e. The van der Waals surface area contributed by atoms with Gasteiger partial charge in [0.15, 0.2) is 5.84 Å². The number of furan rings is 1. The average Bonchev–Trinajstić information content (AvgIpc) is 2.56. The van der Waals surface area contributed by atoms with Crippen molar-refractivity contribution in [3.05, 3.63) is 23.2 Å². The van der Waals surface area contributed by atoms with E-state index in [2.05, 4.69) is 5.16 Å². The highest BCUT2D eigenvalue weighted by Crippen LogP contribution is 2.15. The van der Waals surface area contributed by atoms with Gasteiger partial charge in [0.1, 0.15) is 11.5 Å². The number of nitrogens with two attached hydrogens (primary N) is 1. The fourth-order valence-electron chi connectivity index (χ4n) is 1.40. The summed E-state index contributed by atoms with van der Waals surface area (Å²) in [6.45, 7) is 3.56. The molecule has 1 aromatic rings. The average molecular weight is 225 g/mol. The van der Waals surface area contributed by atoms with Gasteiger partial charge in [0.05, 0.1) is 12.1 Å². The lowest BCUT2D eigenvalue weighted by atomic mass is 10.2. The van der Waals surface area contributed by atoms with Gasteiger partial charge in [0, 0.05) is 7.05 Å². The molecule has 1 aromatic heterocycles. The van der Waals surface area contributed by atoms with Crippen LogP contribution in [0.2, 0.25) is 0 Å². The molecule has 1 amide bonds. The fraction of sp³-hybridized carbons (Fsp3) is 0.400. The van der Waals surface area contributed by atoms with Crippen LogP contribution in [0.5, 0.6) is 0 Å². The van der Waals surface area contributed by atoms with Gasteiger partial charge in [-0.05, 0) is 19.9 Å². The zero-order valence-electron chi connectivity index (χ0n) is 9.52. The van der Waals surface area contributed by atoms with Crippen molar-refractivity contribution >= 4 is 11.7 Å². The summed E-state index contributed by atoms with van der Waals surface area (Å²) in [6, 6.07) is 1.67. The van der Waals surface area contributed by atoms with Gasteiger partial charge in [-0.3, -0.25) is 4.79 Å². The Balaban J connectivity index is 2.82. The number of carbonyl (C=O) groups excluding carboxylic acids is 1. The Bertz CT molecular complexity index is 423. The van der Waals surface area contributed by atoms with E-state index >= 15 is 0 Å². The lowest BCUT2D eigenvalue weighted by molar-refractivity contribution is 0.0812. The first-order chi connectivity index (χ1) is 7.45. The van der Waals surface area contributed by atoms with Gasteiger partial charge in [0.2, 0.25) is 0 Å². The van der Waals surface area contributed by atoms with Crippen molar-refractivity contribution in [2.75, 3.05) is 13.6 Å². The zero-order chi connectivity index (χ0) is 12.3. The van der Waals surface area contributed by atoms with Crippen LogP contribution in [0.15, 0.2) is 15.6 Å². The van der Waals surface area contributed by atoms with Crippen LogP contribution in [0.1, 0.15) is 21.9 Å². The SMILES string of the molecule is Cc1cc(C(=O)N(C)CC(N)=NO)c(C)o1. The summed E-state index contributed by atoms with van der Waals surface area (Å²) in [5, 5.41) is 11.2. The number of likely N-dealkylation sites (N-methyl/N-ethyl adjacent to an activating group) is 1. The number of amides is 1. The van der Waals surface area contributed by atoms with Gasteiger partial charge in [0.25, 0.3) is 5.91 Å². The maximum Gasteiger partial charge on any atom is 0.257 e. The molecular formula is C10H15N3O3. The molecule has 0 aliphatic heterocycles. The minimum atomic E-state index is -0.221. The summed E-state index contributed by atoms with van der Waals surface area (Å²) >= 11 is 0. The van der Waals surface area contributed by atoms with Crippen LogP contribution in [0.3, 0.4) is 0 Å².